The van der Waals surface area contributed by atoms with Crippen LogP contribution in [0.2, 0.25) is 0 Å². The van der Waals surface area contributed by atoms with Crippen molar-refractivity contribution in [1.82, 2.24) is 10.2 Å². The monoisotopic (exact) mass is 389 g/mol. The van der Waals surface area contributed by atoms with Gasteiger partial charge in [-0.25, -0.2) is 0 Å². The highest BCUT2D eigenvalue weighted by Gasteiger charge is 2.15. The molecule has 1 aromatic rings. The smallest absolute Gasteiger partial charge is 0.224 e. The van der Waals surface area contributed by atoms with Gasteiger partial charge in [-0.3, -0.25) is 9.69 Å². The highest BCUT2D eigenvalue weighted by molar-refractivity contribution is 5.90. The van der Waals surface area contributed by atoms with Gasteiger partial charge in [0.15, 0.2) is 0 Å². The van der Waals surface area contributed by atoms with Crippen LogP contribution >= 0.6 is 24.8 Å². The molecule has 0 saturated carbocycles. The summed E-state index contributed by atoms with van der Waals surface area (Å²) in [5.74, 6) is 0.111. The molecule has 0 spiro atoms. The molecule has 2 heterocycles. The summed E-state index contributed by atoms with van der Waals surface area (Å²) in [4.78, 5) is 14.4. The standard InChI is InChI=1S/C18H27N3O2.2ClH/c22-18(8-7-16-2-1-9-19-16)20-17-5-3-15(4-6-17)14-21-10-12-23-13-11-21;;/h3-6,16,19H,1-2,7-14H2,(H,20,22);2*1H. The first-order chi connectivity index (χ1) is 11.3. The summed E-state index contributed by atoms with van der Waals surface area (Å²) in [6.45, 7) is 5.68. The number of rotatable bonds is 6. The highest BCUT2D eigenvalue weighted by Crippen LogP contribution is 2.14. The fourth-order valence-electron chi connectivity index (χ4n) is 3.24. The number of ether oxygens (including phenoxy) is 1. The minimum Gasteiger partial charge on any atom is -0.379 e. The summed E-state index contributed by atoms with van der Waals surface area (Å²) in [6.07, 6.45) is 3.95. The predicted molar refractivity (Wildman–Crippen MR) is 106 cm³/mol. The number of nitrogens with zero attached hydrogens (tertiary/aromatic N) is 1. The van der Waals surface area contributed by atoms with Gasteiger partial charge in [0.05, 0.1) is 13.2 Å². The van der Waals surface area contributed by atoms with Crippen molar-refractivity contribution >= 4 is 36.4 Å². The largest absolute Gasteiger partial charge is 0.379 e. The predicted octanol–water partition coefficient (Wildman–Crippen LogP) is 2.83. The SMILES string of the molecule is Cl.Cl.O=C(CCC1CCCN1)Nc1ccc(CN2CCOCC2)cc1. The van der Waals surface area contributed by atoms with Gasteiger partial charge in [0, 0.05) is 37.8 Å². The van der Waals surface area contributed by atoms with Crippen molar-refractivity contribution in [3.05, 3.63) is 29.8 Å². The first-order valence-electron chi connectivity index (χ1n) is 8.72. The van der Waals surface area contributed by atoms with E-state index in [0.717, 1.165) is 51.5 Å². The summed E-state index contributed by atoms with van der Waals surface area (Å²) < 4.78 is 5.37. The number of carbonyl (C=O) groups is 1. The summed E-state index contributed by atoms with van der Waals surface area (Å²) in [7, 11) is 0. The van der Waals surface area contributed by atoms with Crippen molar-refractivity contribution in [2.45, 2.75) is 38.3 Å². The van der Waals surface area contributed by atoms with Crippen LogP contribution in [0.5, 0.6) is 0 Å². The van der Waals surface area contributed by atoms with E-state index in [1.807, 2.05) is 12.1 Å². The fourth-order valence-corrected chi connectivity index (χ4v) is 3.24. The molecule has 0 aliphatic carbocycles. The topological polar surface area (TPSA) is 53.6 Å². The van der Waals surface area contributed by atoms with Gasteiger partial charge < -0.3 is 15.4 Å². The zero-order chi connectivity index (χ0) is 15.9. The molecule has 2 aliphatic rings. The number of hydrogen-bond acceptors (Lipinski definition) is 4. The molecule has 142 valence electrons. The molecule has 2 saturated heterocycles. The van der Waals surface area contributed by atoms with Gasteiger partial charge in [-0.15, -0.1) is 24.8 Å². The third kappa shape index (κ3) is 7.50. The minimum atomic E-state index is 0. The Morgan fingerprint density at radius 3 is 2.56 bits per heavy atom. The van der Waals surface area contributed by atoms with E-state index >= 15 is 0 Å². The average molecular weight is 390 g/mol. The van der Waals surface area contributed by atoms with Gasteiger partial charge in [-0.2, -0.15) is 0 Å². The molecule has 1 unspecified atom stereocenters. The molecule has 5 nitrogen and oxygen atoms in total. The number of morpholine rings is 1. The van der Waals surface area contributed by atoms with Crippen LogP contribution in [0.25, 0.3) is 0 Å². The molecule has 2 fully saturated rings. The first kappa shape index (κ1) is 22.2. The van der Waals surface area contributed by atoms with E-state index in [-0.39, 0.29) is 30.7 Å². The van der Waals surface area contributed by atoms with Crippen molar-refractivity contribution in [3.63, 3.8) is 0 Å². The van der Waals surface area contributed by atoms with Crippen LogP contribution in [-0.4, -0.2) is 49.7 Å². The van der Waals surface area contributed by atoms with E-state index in [1.54, 1.807) is 0 Å². The lowest BCUT2D eigenvalue weighted by Gasteiger charge is -2.26. The first-order valence-corrected chi connectivity index (χ1v) is 8.72. The Balaban J connectivity index is 0.00000156. The lowest BCUT2D eigenvalue weighted by molar-refractivity contribution is -0.116. The second-order valence-electron chi connectivity index (χ2n) is 6.47. The molecular weight excluding hydrogens is 361 g/mol. The highest BCUT2D eigenvalue weighted by atomic mass is 35.5. The lowest BCUT2D eigenvalue weighted by atomic mass is 10.1. The van der Waals surface area contributed by atoms with E-state index in [2.05, 4.69) is 27.7 Å². The molecule has 2 aliphatic heterocycles. The van der Waals surface area contributed by atoms with Gasteiger partial charge in [0.2, 0.25) is 5.91 Å². The average Bonchev–Trinajstić information content (AvgIpc) is 3.09. The quantitative estimate of drug-likeness (QED) is 0.785. The number of nitrogens with one attached hydrogen (secondary N) is 2. The molecule has 1 atom stereocenters. The van der Waals surface area contributed by atoms with Crippen molar-refractivity contribution in [1.29, 1.82) is 0 Å². The third-order valence-electron chi connectivity index (χ3n) is 4.63. The molecule has 1 amide bonds. The van der Waals surface area contributed by atoms with E-state index < -0.39 is 0 Å². The number of amides is 1. The Morgan fingerprint density at radius 1 is 1.20 bits per heavy atom. The van der Waals surface area contributed by atoms with Gasteiger partial charge >= 0.3 is 0 Å². The Hall–Kier alpha value is -0.850. The maximum absolute atomic E-state index is 12.0. The van der Waals surface area contributed by atoms with Crippen molar-refractivity contribution in [2.75, 3.05) is 38.2 Å². The molecule has 1 aromatic carbocycles. The number of benzene rings is 1. The second-order valence-corrected chi connectivity index (χ2v) is 6.47. The molecule has 7 heteroatoms. The molecular formula is C18H29Cl2N3O2. The molecule has 2 N–H and O–H groups in total. The molecule has 0 radical (unpaired) electrons. The zero-order valence-electron chi connectivity index (χ0n) is 14.5. The fraction of sp³-hybridized carbons (Fsp3) is 0.611. The summed E-state index contributed by atoms with van der Waals surface area (Å²) in [6, 6.07) is 8.73. The van der Waals surface area contributed by atoms with Gasteiger partial charge in [-0.1, -0.05) is 12.1 Å². The van der Waals surface area contributed by atoms with E-state index in [1.165, 1.54) is 18.4 Å². The Bertz CT molecular complexity index is 502. The van der Waals surface area contributed by atoms with Crippen LogP contribution in [0.4, 0.5) is 5.69 Å². The second kappa shape index (κ2) is 11.7. The molecule has 0 bridgehead atoms. The van der Waals surface area contributed by atoms with E-state index in [0.29, 0.717) is 12.5 Å². The van der Waals surface area contributed by atoms with E-state index in [4.69, 9.17) is 4.74 Å². The van der Waals surface area contributed by atoms with Crippen LogP contribution in [0.1, 0.15) is 31.2 Å². The van der Waals surface area contributed by atoms with Crippen LogP contribution < -0.4 is 10.6 Å². The number of hydrogen-bond donors (Lipinski definition) is 2. The number of carbonyl (C=O) groups excluding carboxylic acids is 1. The Morgan fingerprint density at radius 2 is 1.92 bits per heavy atom. The maximum atomic E-state index is 12.0. The van der Waals surface area contributed by atoms with Gasteiger partial charge in [0.25, 0.3) is 0 Å². The zero-order valence-corrected chi connectivity index (χ0v) is 16.2. The summed E-state index contributed by atoms with van der Waals surface area (Å²) >= 11 is 0. The molecule has 3 rings (SSSR count). The van der Waals surface area contributed by atoms with Crippen molar-refractivity contribution in [3.8, 4) is 0 Å². The van der Waals surface area contributed by atoms with Gasteiger partial charge in [-0.05, 0) is 43.5 Å². The van der Waals surface area contributed by atoms with Crippen LogP contribution in [0.3, 0.4) is 0 Å². The number of anilines is 1. The molecule has 0 aromatic heterocycles. The summed E-state index contributed by atoms with van der Waals surface area (Å²) in [5, 5.41) is 6.42. The van der Waals surface area contributed by atoms with E-state index in [9.17, 15) is 4.79 Å². The Labute approximate surface area is 162 Å². The van der Waals surface area contributed by atoms with Crippen LogP contribution in [0.15, 0.2) is 24.3 Å². The van der Waals surface area contributed by atoms with Crippen molar-refractivity contribution in [2.24, 2.45) is 0 Å². The maximum Gasteiger partial charge on any atom is 0.224 e. The lowest BCUT2D eigenvalue weighted by Crippen LogP contribution is -2.35. The third-order valence-corrected chi connectivity index (χ3v) is 4.63. The minimum absolute atomic E-state index is 0. The Kier molecular flexibility index (Phi) is 10.4. The van der Waals surface area contributed by atoms with Gasteiger partial charge in [0.1, 0.15) is 0 Å². The van der Waals surface area contributed by atoms with Crippen molar-refractivity contribution < 1.29 is 9.53 Å². The molecule has 25 heavy (non-hydrogen) atoms. The summed E-state index contributed by atoms with van der Waals surface area (Å²) in [5.41, 5.74) is 2.17. The van der Waals surface area contributed by atoms with Crippen LogP contribution in [-0.2, 0) is 16.1 Å². The normalized spacial score (nSPS) is 20.4. The number of halogens is 2. The van der Waals surface area contributed by atoms with Crippen LogP contribution in [0, 0.1) is 0 Å².